The Morgan fingerprint density at radius 2 is 1.94 bits per heavy atom. The highest BCUT2D eigenvalue weighted by Crippen LogP contribution is 2.27. The summed E-state index contributed by atoms with van der Waals surface area (Å²) in [6.07, 6.45) is -0.428. The van der Waals surface area contributed by atoms with Crippen LogP contribution in [0.25, 0.3) is 10.9 Å². The topological polar surface area (TPSA) is 111 Å². The van der Waals surface area contributed by atoms with Gasteiger partial charge in [-0.05, 0) is 23.6 Å². The van der Waals surface area contributed by atoms with E-state index in [0.717, 1.165) is 28.9 Å². The van der Waals surface area contributed by atoms with Gasteiger partial charge in [-0.1, -0.05) is 0 Å². The second-order valence-electron chi connectivity index (χ2n) is 8.67. The fraction of sp³-hybridized carbons (Fsp3) is 0.458. The van der Waals surface area contributed by atoms with Crippen molar-refractivity contribution in [1.82, 2.24) is 25.0 Å². The van der Waals surface area contributed by atoms with Crippen molar-refractivity contribution in [2.45, 2.75) is 19.2 Å². The predicted molar refractivity (Wildman–Crippen MR) is 133 cm³/mol. The second-order valence-corrected chi connectivity index (χ2v) is 8.67. The molecule has 2 N–H and O–H groups in total. The Bertz CT molecular complexity index is 1220. The first-order valence-electron chi connectivity index (χ1n) is 11.5. The molecule has 0 bridgehead atoms. The number of likely N-dealkylation sites (tertiary alicyclic amines) is 1. The highest BCUT2D eigenvalue weighted by Gasteiger charge is 2.30. The molecule has 2 aliphatic heterocycles. The molecule has 0 saturated carbocycles. The number of hydrogen-bond donors (Lipinski definition) is 2. The number of β-amino-alcohol motifs (C(OH)–C–C–N with tert-alkyl or cyclic N) is 1. The first kappa shape index (κ1) is 25.2. The Morgan fingerprint density at radius 3 is 2.80 bits per heavy atom. The molecule has 0 radical (unpaired) electrons. The van der Waals surface area contributed by atoms with Crippen LogP contribution < -0.4 is 25.1 Å². The van der Waals surface area contributed by atoms with Gasteiger partial charge < -0.3 is 29.2 Å². The van der Waals surface area contributed by atoms with Crippen molar-refractivity contribution in [1.29, 1.82) is 0 Å². The second kappa shape index (κ2) is 11.2. The number of nitrogens with zero attached hydrogens (tertiary/aromatic N) is 4. The van der Waals surface area contributed by atoms with Crippen LogP contribution in [0.4, 0.5) is 0 Å². The van der Waals surface area contributed by atoms with E-state index in [1.165, 1.54) is 0 Å². The van der Waals surface area contributed by atoms with Gasteiger partial charge in [-0.15, -0.1) is 17.5 Å². The van der Waals surface area contributed by atoms with E-state index in [9.17, 15) is 9.90 Å². The van der Waals surface area contributed by atoms with Gasteiger partial charge in [-0.2, -0.15) is 5.10 Å². The van der Waals surface area contributed by atoms with Gasteiger partial charge >= 0.3 is 0 Å². The standard InChI is InChI=1S/C24H29N5O5.ClH/c1-32-19-4-2-16-3-5-23(31)29(20(16)11-19)7-6-28-14-17(21(30)15-28)12-25-13-18-10-22-24(27-26-18)34-9-8-33-22;/h2-5,10-11,17,21,25,30H,6-9,12-15H2,1H3;1H/t17-,21+;/m0./s1. The third-order valence-electron chi connectivity index (χ3n) is 6.39. The SMILES string of the molecule is COc1ccc2ccc(=O)n(CCN3C[C@H](CNCc4cc5c(nn4)OCCO5)[C@H](O)C3)c2c1.Cl. The van der Waals surface area contributed by atoms with E-state index in [4.69, 9.17) is 14.2 Å². The van der Waals surface area contributed by atoms with Gasteiger partial charge in [0.05, 0.1) is 24.4 Å². The third-order valence-corrected chi connectivity index (χ3v) is 6.39. The van der Waals surface area contributed by atoms with Crippen molar-refractivity contribution in [3.8, 4) is 17.4 Å². The van der Waals surface area contributed by atoms with Crippen LogP contribution in [-0.4, -0.2) is 77.4 Å². The number of rotatable bonds is 8. The monoisotopic (exact) mass is 503 g/mol. The fourth-order valence-electron chi connectivity index (χ4n) is 4.56. The van der Waals surface area contributed by atoms with Gasteiger partial charge in [0.25, 0.3) is 11.4 Å². The van der Waals surface area contributed by atoms with E-state index < -0.39 is 6.10 Å². The summed E-state index contributed by atoms with van der Waals surface area (Å²) in [6, 6.07) is 11.0. The molecule has 2 aliphatic rings. The summed E-state index contributed by atoms with van der Waals surface area (Å²) in [6.45, 7) is 4.73. The van der Waals surface area contributed by atoms with Crippen LogP contribution in [0.2, 0.25) is 0 Å². The zero-order valence-electron chi connectivity index (χ0n) is 19.6. The van der Waals surface area contributed by atoms with Crippen LogP contribution >= 0.6 is 12.4 Å². The van der Waals surface area contributed by atoms with Gasteiger partial charge in [0.2, 0.25) is 0 Å². The van der Waals surface area contributed by atoms with Crippen molar-refractivity contribution in [3.05, 3.63) is 52.4 Å². The summed E-state index contributed by atoms with van der Waals surface area (Å²) in [4.78, 5) is 14.7. The molecule has 0 spiro atoms. The number of aliphatic hydroxyl groups is 1. The summed E-state index contributed by atoms with van der Waals surface area (Å²) in [5.74, 6) is 1.86. The van der Waals surface area contributed by atoms with Crippen molar-refractivity contribution >= 4 is 23.3 Å². The van der Waals surface area contributed by atoms with E-state index in [2.05, 4.69) is 20.4 Å². The molecular formula is C24H30ClN5O5. The summed E-state index contributed by atoms with van der Waals surface area (Å²) in [7, 11) is 1.62. The molecule has 35 heavy (non-hydrogen) atoms. The quantitative estimate of drug-likeness (QED) is 0.466. The summed E-state index contributed by atoms with van der Waals surface area (Å²) in [5.41, 5.74) is 1.57. The van der Waals surface area contributed by atoms with Gasteiger partial charge in [0.15, 0.2) is 5.75 Å². The van der Waals surface area contributed by atoms with E-state index in [1.807, 2.05) is 30.3 Å². The minimum absolute atomic E-state index is 0. The molecule has 1 saturated heterocycles. The van der Waals surface area contributed by atoms with Crippen molar-refractivity contribution in [2.24, 2.45) is 5.92 Å². The lowest BCUT2D eigenvalue weighted by atomic mass is 10.1. The Morgan fingerprint density at radius 1 is 1.11 bits per heavy atom. The van der Waals surface area contributed by atoms with E-state index >= 15 is 0 Å². The van der Waals surface area contributed by atoms with Crippen molar-refractivity contribution < 1.29 is 19.3 Å². The molecular weight excluding hydrogens is 474 g/mol. The largest absolute Gasteiger partial charge is 0.497 e. The highest BCUT2D eigenvalue weighted by atomic mass is 35.5. The highest BCUT2D eigenvalue weighted by molar-refractivity contribution is 5.85. The lowest BCUT2D eigenvalue weighted by Gasteiger charge is -2.18. The molecule has 1 fully saturated rings. The molecule has 5 rings (SSSR count). The van der Waals surface area contributed by atoms with Crippen molar-refractivity contribution in [2.75, 3.05) is 46.5 Å². The molecule has 0 amide bonds. The number of benzene rings is 1. The minimum atomic E-state index is -0.428. The molecule has 3 aromatic rings. The lowest BCUT2D eigenvalue weighted by molar-refractivity contribution is 0.140. The number of ether oxygens (including phenoxy) is 3. The lowest BCUT2D eigenvalue weighted by Crippen LogP contribution is -2.31. The number of nitrogens with one attached hydrogen (secondary N) is 1. The maximum atomic E-state index is 12.5. The van der Waals surface area contributed by atoms with Crippen LogP contribution in [0.5, 0.6) is 17.4 Å². The molecule has 0 aliphatic carbocycles. The van der Waals surface area contributed by atoms with Gasteiger partial charge in [-0.25, -0.2) is 0 Å². The number of halogens is 1. The molecule has 0 unspecified atom stereocenters. The molecule has 11 heteroatoms. The van der Waals surface area contributed by atoms with Crippen LogP contribution in [0.3, 0.4) is 0 Å². The number of aromatic nitrogens is 3. The van der Waals surface area contributed by atoms with Crippen LogP contribution in [-0.2, 0) is 13.1 Å². The van der Waals surface area contributed by atoms with Gasteiger partial charge in [0, 0.05) is 63.4 Å². The molecule has 10 nitrogen and oxygen atoms in total. The Kier molecular flexibility index (Phi) is 8.07. The average Bonchev–Trinajstić information content (AvgIpc) is 3.22. The fourth-order valence-corrected chi connectivity index (χ4v) is 4.56. The van der Waals surface area contributed by atoms with Crippen molar-refractivity contribution in [3.63, 3.8) is 0 Å². The number of hydrogen-bond acceptors (Lipinski definition) is 9. The zero-order chi connectivity index (χ0) is 23.5. The number of methoxy groups -OCH3 is 1. The molecule has 4 heterocycles. The zero-order valence-corrected chi connectivity index (χ0v) is 20.4. The molecule has 2 atom stereocenters. The Balaban J connectivity index is 0.00000289. The molecule has 1 aromatic carbocycles. The van der Waals surface area contributed by atoms with Crippen LogP contribution in [0.1, 0.15) is 5.69 Å². The van der Waals surface area contributed by atoms with Gasteiger partial charge in [0.1, 0.15) is 19.0 Å². The van der Waals surface area contributed by atoms with Crippen LogP contribution in [0, 0.1) is 5.92 Å². The summed E-state index contributed by atoms with van der Waals surface area (Å²) in [5, 5.41) is 23.2. The maximum absolute atomic E-state index is 12.5. The van der Waals surface area contributed by atoms with E-state index in [0.29, 0.717) is 57.6 Å². The van der Waals surface area contributed by atoms with Crippen LogP contribution in [0.15, 0.2) is 41.2 Å². The minimum Gasteiger partial charge on any atom is -0.497 e. The first-order chi connectivity index (χ1) is 16.6. The number of aliphatic hydroxyl groups excluding tert-OH is 1. The van der Waals surface area contributed by atoms with E-state index in [1.54, 1.807) is 17.7 Å². The third kappa shape index (κ3) is 5.67. The maximum Gasteiger partial charge on any atom is 0.276 e. The molecule has 2 aromatic heterocycles. The normalized spacial score (nSPS) is 19.5. The van der Waals surface area contributed by atoms with E-state index in [-0.39, 0.29) is 23.9 Å². The number of fused-ring (bicyclic) bond motifs is 2. The first-order valence-corrected chi connectivity index (χ1v) is 11.5. The number of pyridine rings is 1. The average molecular weight is 504 g/mol. The van der Waals surface area contributed by atoms with Gasteiger partial charge in [-0.3, -0.25) is 9.69 Å². The predicted octanol–water partition coefficient (Wildman–Crippen LogP) is 1.08. The Labute approximate surface area is 209 Å². The summed E-state index contributed by atoms with van der Waals surface area (Å²) < 4.78 is 18.1. The molecule has 188 valence electrons. The smallest absolute Gasteiger partial charge is 0.276 e. The summed E-state index contributed by atoms with van der Waals surface area (Å²) >= 11 is 0. The Hall–Kier alpha value is -2.92.